The minimum atomic E-state index is -0.643. The van der Waals surface area contributed by atoms with Gasteiger partial charge in [0.25, 0.3) is 5.69 Å². The zero-order chi connectivity index (χ0) is 9.84. The Hall–Kier alpha value is -0.0581. The third kappa shape index (κ3) is 3.60. The summed E-state index contributed by atoms with van der Waals surface area (Å²) in [4.78, 5) is 19.6. The topological polar surface area (TPSA) is 95.3 Å². The molecule has 0 unspecified atom stereocenters. The predicted octanol–water partition coefficient (Wildman–Crippen LogP) is -2.76. The van der Waals surface area contributed by atoms with Crippen molar-refractivity contribution in [2.24, 2.45) is 0 Å². The van der Waals surface area contributed by atoms with E-state index in [0.29, 0.717) is 6.41 Å². The summed E-state index contributed by atoms with van der Waals surface area (Å²) < 4.78 is 0. The second kappa shape index (κ2) is 6.43. The van der Waals surface area contributed by atoms with E-state index in [1.807, 2.05) is 0 Å². The maximum Gasteiger partial charge on any atom is 1.00 e. The Morgan fingerprint density at radius 2 is 2.07 bits per heavy atom. The summed E-state index contributed by atoms with van der Waals surface area (Å²) in [6.45, 7) is 0. The number of hydrogen-bond acceptors (Lipinski definition) is 4. The smallest absolute Gasteiger partial charge is 0.871 e. The molecule has 1 aromatic rings. The fourth-order valence-electron chi connectivity index (χ4n) is 0.808. The van der Waals surface area contributed by atoms with Gasteiger partial charge in [0.2, 0.25) is 6.41 Å². The van der Waals surface area contributed by atoms with E-state index in [2.05, 4.69) is 5.32 Å². The van der Waals surface area contributed by atoms with Crippen LogP contribution in [0.15, 0.2) is 18.2 Å². The summed E-state index contributed by atoms with van der Waals surface area (Å²) in [5, 5.41) is 23.3. The quantitative estimate of drug-likeness (QED) is 0.371. The zero-order valence-electron chi connectivity index (χ0n) is 7.39. The van der Waals surface area contributed by atoms with Gasteiger partial charge in [0, 0.05) is 17.8 Å². The molecular formula is C7H5CsN2O4. The van der Waals surface area contributed by atoms with Gasteiger partial charge < -0.3 is 10.4 Å². The van der Waals surface area contributed by atoms with Crippen molar-refractivity contribution in [2.75, 3.05) is 5.32 Å². The van der Waals surface area contributed by atoms with Gasteiger partial charge in [-0.2, -0.15) is 0 Å². The normalized spacial score (nSPS) is 8.57. The standard InChI is InChI=1S/C7H6N2O4.Cs/c10-4-8-6-3-5(9(12)13)1-2-7(6)11;/h1-4,11H,(H,8,10);/q;+1/p-1. The molecule has 0 aliphatic rings. The Kier molecular flexibility index (Phi) is 6.40. The first-order valence-corrected chi connectivity index (χ1v) is 3.31. The van der Waals surface area contributed by atoms with Crippen LogP contribution in [0.4, 0.5) is 11.4 Å². The SMILES string of the molecule is O=CNc1cc([N+](=O)[O-])ccc1[O-].[Cs+]. The first-order chi connectivity index (χ1) is 6.15. The first kappa shape index (κ1) is 13.9. The van der Waals surface area contributed by atoms with Gasteiger partial charge in [-0.1, -0.05) is 11.8 Å². The van der Waals surface area contributed by atoms with E-state index >= 15 is 0 Å². The molecule has 7 heteroatoms. The minimum absolute atomic E-state index is 0. The van der Waals surface area contributed by atoms with Crippen molar-refractivity contribution in [3.05, 3.63) is 28.3 Å². The average molecular weight is 314 g/mol. The van der Waals surface area contributed by atoms with E-state index < -0.39 is 10.7 Å². The van der Waals surface area contributed by atoms with Crippen LogP contribution in [0, 0.1) is 10.1 Å². The molecule has 0 bridgehead atoms. The van der Waals surface area contributed by atoms with Crippen LogP contribution in [0.25, 0.3) is 0 Å². The fourth-order valence-corrected chi connectivity index (χ4v) is 0.808. The Morgan fingerprint density at radius 1 is 1.43 bits per heavy atom. The van der Waals surface area contributed by atoms with Gasteiger partial charge in [0.1, 0.15) is 0 Å². The molecule has 1 aromatic carbocycles. The van der Waals surface area contributed by atoms with Gasteiger partial charge in [0.15, 0.2) is 0 Å². The number of nitro groups is 1. The third-order valence-corrected chi connectivity index (χ3v) is 1.39. The van der Waals surface area contributed by atoms with Crippen LogP contribution in [-0.2, 0) is 4.79 Å². The van der Waals surface area contributed by atoms with Gasteiger partial charge >= 0.3 is 68.9 Å². The number of carbonyl (C=O) groups excluding carboxylic acids is 1. The second-order valence-corrected chi connectivity index (χ2v) is 2.20. The molecule has 0 spiro atoms. The molecule has 0 saturated heterocycles. The number of nitrogens with one attached hydrogen (secondary N) is 1. The molecule has 1 rings (SSSR count). The summed E-state index contributed by atoms with van der Waals surface area (Å²) >= 11 is 0. The molecule has 0 heterocycles. The third-order valence-electron chi connectivity index (χ3n) is 1.39. The molecule has 1 amide bonds. The summed E-state index contributed by atoms with van der Waals surface area (Å²) in [6, 6.07) is 3.12. The largest absolute Gasteiger partial charge is 1.00 e. The van der Waals surface area contributed by atoms with Gasteiger partial charge in [-0.3, -0.25) is 14.9 Å². The van der Waals surface area contributed by atoms with Gasteiger partial charge in [-0.25, -0.2) is 0 Å². The van der Waals surface area contributed by atoms with Gasteiger partial charge in [0.05, 0.1) is 4.92 Å². The number of benzene rings is 1. The Morgan fingerprint density at radius 3 is 2.57 bits per heavy atom. The molecule has 6 nitrogen and oxygen atoms in total. The fraction of sp³-hybridized carbons (Fsp3) is 0. The van der Waals surface area contributed by atoms with Crippen molar-refractivity contribution in [3.63, 3.8) is 0 Å². The predicted molar refractivity (Wildman–Crippen MR) is 42.2 cm³/mol. The Labute approximate surface area is 138 Å². The summed E-state index contributed by atoms with van der Waals surface area (Å²) in [6.07, 6.45) is 0.292. The molecule has 0 aromatic heterocycles. The van der Waals surface area contributed by atoms with Crippen LogP contribution in [0.3, 0.4) is 0 Å². The van der Waals surface area contributed by atoms with E-state index in [9.17, 15) is 20.0 Å². The van der Waals surface area contributed by atoms with Crippen LogP contribution < -0.4 is 79.3 Å². The van der Waals surface area contributed by atoms with E-state index in [-0.39, 0.29) is 80.3 Å². The monoisotopic (exact) mass is 314 g/mol. The molecule has 0 aliphatic heterocycles. The van der Waals surface area contributed by atoms with E-state index in [4.69, 9.17) is 0 Å². The zero-order valence-corrected chi connectivity index (χ0v) is 13.7. The van der Waals surface area contributed by atoms with Crippen molar-refractivity contribution >= 4 is 17.8 Å². The number of nitro benzene ring substituents is 1. The maximum absolute atomic E-state index is 10.9. The number of anilines is 1. The van der Waals surface area contributed by atoms with Crippen LogP contribution in [0.1, 0.15) is 0 Å². The number of non-ortho nitro benzene ring substituents is 1. The van der Waals surface area contributed by atoms with Crippen molar-refractivity contribution in [1.82, 2.24) is 0 Å². The summed E-state index contributed by atoms with van der Waals surface area (Å²) in [5.41, 5.74) is -0.326. The molecule has 0 radical (unpaired) electrons. The number of nitrogens with zero attached hydrogens (tertiary/aromatic N) is 1. The molecular weight excluding hydrogens is 309 g/mol. The molecule has 0 saturated carbocycles. The molecule has 0 atom stereocenters. The number of carbonyl (C=O) groups is 1. The Balaban J connectivity index is 0.00000169. The molecule has 0 aliphatic carbocycles. The molecule has 1 N–H and O–H groups in total. The van der Waals surface area contributed by atoms with Crippen molar-refractivity contribution in [2.45, 2.75) is 0 Å². The molecule has 0 fully saturated rings. The number of hydrogen-bond donors (Lipinski definition) is 1. The minimum Gasteiger partial charge on any atom is -0.871 e. The van der Waals surface area contributed by atoms with E-state index in [1.54, 1.807) is 0 Å². The number of amides is 1. The van der Waals surface area contributed by atoms with Crippen LogP contribution in [0.5, 0.6) is 5.75 Å². The van der Waals surface area contributed by atoms with Crippen LogP contribution >= 0.6 is 0 Å². The van der Waals surface area contributed by atoms with Crippen LogP contribution in [0.2, 0.25) is 0 Å². The summed E-state index contributed by atoms with van der Waals surface area (Å²) in [7, 11) is 0. The first-order valence-electron chi connectivity index (χ1n) is 3.31. The molecule has 14 heavy (non-hydrogen) atoms. The average Bonchev–Trinajstić information content (AvgIpc) is 2.08. The number of rotatable bonds is 3. The van der Waals surface area contributed by atoms with Crippen molar-refractivity contribution in [3.8, 4) is 5.75 Å². The van der Waals surface area contributed by atoms with Crippen LogP contribution in [-0.4, -0.2) is 11.3 Å². The molecule has 68 valence electrons. The Bertz CT molecular complexity index is 356. The van der Waals surface area contributed by atoms with Gasteiger partial charge in [-0.15, -0.1) is 0 Å². The van der Waals surface area contributed by atoms with Crippen molar-refractivity contribution < 1.29 is 83.7 Å². The summed E-state index contributed by atoms with van der Waals surface area (Å²) in [5.74, 6) is -0.460. The maximum atomic E-state index is 10.9. The van der Waals surface area contributed by atoms with E-state index in [0.717, 1.165) is 18.2 Å². The van der Waals surface area contributed by atoms with Crippen molar-refractivity contribution in [1.29, 1.82) is 0 Å². The second-order valence-electron chi connectivity index (χ2n) is 2.20. The van der Waals surface area contributed by atoms with Gasteiger partial charge in [-0.05, 0) is 0 Å². The van der Waals surface area contributed by atoms with E-state index in [1.165, 1.54) is 0 Å².